The highest BCUT2D eigenvalue weighted by Gasteiger charge is 2.18. The number of para-hydroxylation sites is 1. The number of hydrogen-bond acceptors (Lipinski definition) is 6. The summed E-state index contributed by atoms with van der Waals surface area (Å²) in [5.41, 5.74) is 5.19. The molecule has 6 nitrogen and oxygen atoms in total. The van der Waals surface area contributed by atoms with Gasteiger partial charge in [-0.3, -0.25) is 4.79 Å². The number of piperazine rings is 1. The van der Waals surface area contributed by atoms with E-state index in [2.05, 4.69) is 58.9 Å². The maximum atomic E-state index is 12.9. The van der Waals surface area contributed by atoms with Crippen molar-refractivity contribution in [3.8, 4) is 17.0 Å². The third kappa shape index (κ3) is 6.56. The van der Waals surface area contributed by atoms with Gasteiger partial charge >= 0.3 is 0 Å². The van der Waals surface area contributed by atoms with E-state index in [-0.39, 0.29) is 5.91 Å². The molecule has 7 heteroatoms. The molecule has 0 aliphatic carbocycles. The van der Waals surface area contributed by atoms with Crippen molar-refractivity contribution in [2.75, 3.05) is 44.2 Å². The molecule has 5 rings (SSSR count). The average Bonchev–Trinajstić information content (AvgIpc) is 3.44. The summed E-state index contributed by atoms with van der Waals surface area (Å²) in [6.45, 7) is 7.21. The first-order chi connectivity index (χ1) is 18.2. The zero-order valence-electron chi connectivity index (χ0n) is 21.1. The van der Waals surface area contributed by atoms with E-state index in [1.54, 1.807) is 11.3 Å². The van der Waals surface area contributed by atoms with E-state index in [0.29, 0.717) is 19.7 Å². The molecule has 4 aromatic rings. The predicted molar refractivity (Wildman–Crippen MR) is 150 cm³/mol. The molecule has 0 unspecified atom stereocenters. The number of nitrogens with one attached hydrogen (secondary N) is 1. The van der Waals surface area contributed by atoms with Crippen LogP contribution in [0.4, 0.5) is 5.13 Å². The SMILES string of the molecule is Cc1ccc(-c2csc(N(CCOc3ccccc3)Cc3ccc(C(=O)N4CCNCC4)cc3)n2)cc1. The third-order valence-electron chi connectivity index (χ3n) is 6.46. The van der Waals surface area contributed by atoms with E-state index in [1.807, 2.05) is 47.4 Å². The Bertz CT molecular complexity index is 1280. The summed E-state index contributed by atoms with van der Waals surface area (Å²) in [7, 11) is 0. The number of rotatable bonds is 9. The van der Waals surface area contributed by atoms with Crippen molar-refractivity contribution < 1.29 is 9.53 Å². The lowest BCUT2D eigenvalue weighted by Crippen LogP contribution is -2.46. The second kappa shape index (κ2) is 12.0. The minimum Gasteiger partial charge on any atom is -0.492 e. The molecule has 0 radical (unpaired) electrons. The van der Waals surface area contributed by atoms with Crippen LogP contribution in [0, 0.1) is 6.92 Å². The van der Waals surface area contributed by atoms with E-state index in [0.717, 1.165) is 59.4 Å². The zero-order chi connectivity index (χ0) is 25.5. The maximum Gasteiger partial charge on any atom is 0.253 e. The number of aromatic nitrogens is 1. The van der Waals surface area contributed by atoms with Gasteiger partial charge < -0.3 is 19.9 Å². The number of aryl methyl sites for hydroxylation is 1. The minimum atomic E-state index is 0.101. The number of carbonyl (C=O) groups excluding carboxylic acids is 1. The monoisotopic (exact) mass is 512 g/mol. The van der Waals surface area contributed by atoms with Gasteiger partial charge in [-0.15, -0.1) is 11.3 Å². The molecule has 1 N–H and O–H groups in total. The molecule has 2 heterocycles. The smallest absolute Gasteiger partial charge is 0.253 e. The number of thiazole rings is 1. The Hall–Kier alpha value is -3.68. The minimum absolute atomic E-state index is 0.101. The second-order valence-electron chi connectivity index (χ2n) is 9.20. The normalized spacial score (nSPS) is 13.4. The van der Waals surface area contributed by atoms with E-state index in [1.165, 1.54) is 5.56 Å². The average molecular weight is 513 g/mol. The molecule has 1 amide bonds. The Morgan fingerprint density at radius 1 is 1.00 bits per heavy atom. The number of hydrogen-bond donors (Lipinski definition) is 1. The Labute approximate surface area is 222 Å². The van der Waals surface area contributed by atoms with Crippen molar-refractivity contribution >= 4 is 22.4 Å². The Morgan fingerprint density at radius 3 is 2.46 bits per heavy atom. The summed E-state index contributed by atoms with van der Waals surface area (Å²) in [6.07, 6.45) is 0. The molecule has 1 saturated heterocycles. The van der Waals surface area contributed by atoms with Crippen LogP contribution in [-0.2, 0) is 6.54 Å². The highest BCUT2D eigenvalue weighted by atomic mass is 32.1. The van der Waals surface area contributed by atoms with Gasteiger partial charge in [0, 0.05) is 49.2 Å². The number of benzene rings is 3. The van der Waals surface area contributed by atoms with Gasteiger partial charge in [0.15, 0.2) is 5.13 Å². The zero-order valence-corrected chi connectivity index (χ0v) is 21.9. The van der Waals surface area contributed by atoms with Crippen LogP contribution in [0.2, 0.25) is 0 Å². The first-order valence-corrected chi connectivity index (χ1v) is 13.6. The first kappa shape index (κ1) is 25.0. The van der Waals surface area contributed by atoms with Crippen LogP contribution in [-0.4, -0.2) is 55.1 Å². The largest absolute Gasteiger partial charge is 0.492 e. The topological polar surface area (TPSA) is 57.7 Å². The predicted octanol–water partition coefficient (Wildman–Crippen LogP) is 5.25. The summed E-state index contributed by atoms with van der Waals surface area (Å²) in [4.78, 5) is 22.0. The molecule has 37 heavy (non-hydrogen) atoms. The molecule has 1 aromatic heterocycles. The van der Waals surface area contributed by atoms with Crippen molar-refractivity contribution in [2.45, 2.75) is 13.5 Å². The van der Waals surface area contributed by atoms with Gasteiger partial charge in [-0.25, -0.2) is 4.98 Å². The van der Waals surface area contributed by atoms with Crippen molar-refractivity contribution in [1.82, 2.24) is 15.2 Å². The summed E-state index contributed by atoms with van der Waals surface area (Å²) < 4.78 is 6.00. The van der Waals surface area contributed by atoms with Crippen LogP contribution in [0.25, 0.3) is 11.3 Å². The summed E-state index contributed by atoms with van der Waals surface area (Å²) in [5, 5.41) is 6.36. The van der Waals surface area contributed by atoms with Crippen molar-refractivity contribution in [2.24, 2.45) is 0 Å². The van der Waals surface area contributed by atoms with Crippen molar-refractivity contribution in [1.29, 1.82) is 0 Å². The highest BCUT2D eigenvalue weighted by molar-refractivity contribution is 7.14. The van der Waals surface area contributed by atoms with E-state index >= 15 is 0 Å². The quantitative estimate of drug-likeness (QED) is 0.332. The van der Waals surface area contributed by atoms with Crippen LogP contribution < -0.4 is 15.0 Å². The summed E-state index contributed by atoms with van der Waals surface area (Å²) >= 11 is 1.64. The Morgan fingerprint density at radius 2 is 1.73 bits per heavy atom. The molecule has 0 saturated carbocycles. The van der Waals surface area contributed by atoms with Gasteiger partial charge in [0.1, 0.15) is 12.4 Å². The fourth-order valence-corrected chi connectivity index (χ4v) is 5.18. The molecule has 0 atom stereocenters. The molecule has 1 fully saturated rings. The third-order valence-corrected chi connectivity index (χ3v) is 7.36. The van der Waals surface area contributed by atoms with Crippen LogP contribution in [0.15, 0.2) is 84.2 Å². The highest BCUT2D eigenvalue weighted by Crippen LogP contribution is 2.29. The standard InChI is InChI=1S/C30H32N4O2S/c1-23-7-11-25(12-8-23)28-22-37-30(32-28)34(19-20-36-27-5-3-2-4-6-27)21-24-9-13-26(14-10-24)29(35)33-17-15-31-16-18-33/h2-14,22,31H,15-21H2,1H3. The molecule has 190 valence electrons. The second-order valence-corrected chi connectivity index (χ2v) is 10.0. The van der Waals surface area contributed by atoms with Gasteiger partial charge in [0.05, 0.1) is 12.2 Å². The van der Waals surface area contributed by atoms with Crippen molar-refractivity contribution in [3.63, 3.8) is 0 Å². The van der Waals surface area contributed by atoms with Gasteiger partial charge in [-0.1, -0.05) is 60.2 Å². The molecule has 1 aliphatic heterocycles. The van der Waals surface area contributed by atoms with E-state index in [9.17, 15) is 4.79 Å². The molecular formula is C30H32N4O2S. The lowest BCUT2D eigenvalue weighted by atomic mass is 10.1. The lowest BCUT2D eigenvalue weighted by Gasteiger charge is -2.27. The fraction of sp³-hybridized carbons (Fsp3) is 0.267. The van der Waals surface area contributed by atoms with Crippen molar-refractivity contribution in [3.05, 3.63) is 101 Å². The van der Waals surface area contributed by atoms with Crippen LogP contribution in [0.1, 0.15) is 21.5 Å². The van der Waals surface area contributed by atoms with Gasteiger partial charge in [-0.05, 0) is 36.8 Å². The molecule has 0 spiro atoms. The van der Waals surface area contributed by atoms with Gasteiger partial charge in [-0.2, -0.15) is 0 Å². The Kier molecular flexibility index (Phi) is 8.13. The molecular weight excluding hydrogens is 480 g/mol. The van der Waals surface area contributed by atoms with Gasteiger partial charge in [0.2, 0.25) is 0 Å². The van der Waals surface area contributed by atoms with Gasteiger partial charge in [0.25, 0.3) is 5.91 Å². The number of nitrogens with zero attached hydrogens (tertiary/aromatic N) is 3. The Balaban J connectivity index is 1.30. The van der Waals surface area contributed by atoms with Crippen LogP contribution in [0.5, 0.6) is 5.75 Å². The first-order valence-electron chi connectivity index (χ1n) is 12.7. The number of anilines is 1. The maximum absolute atomic E-state index is 12.9. The fourth-order valence-electron chi connectivity index (χ4n) is 4.32. The molecule has 1 aliphatic rings. The summed E-state index contributed by atoms with van der Waals surface area (Å²) in [6, 6.07) is 26.3. The van der Waals surface area contributed by atoms with E-state index in [4.69, 9.17) is 9.72 Å². The lowest BCUT2D eigenvalue weighted by molar-refractivity contribution is 0.0736. The number of carbonyl (C=O) groups is 1. The number of amides is 1. The number of ether oxygens (including phenoxy) is 1. The molecule has 3 aromatic carbocycles. The van der Waals surface area contributed by atoms with Crippen LogP contribution >= 0.6 is 11.3 Å². The van der Waals surface area contributed by atoms with E-state index < -0.39 is 0 Å². The molecule has 0 bridgehead atoms. The summed E-state index contributed by atoms with van der Waals surface area (Å²) in [5.74, 6) is 0.960. The van der Waals surface area contributed by atoms with Crippen LogP contribution in [0.3, 0.4) is 0 Å².